The lowest BCUT2D eigenvalue weighted by Gasteiger charge is -2.35. The zero-order chi connectivity index (χ0) is 12.4. The van der Waals surface area contributed by atoms with Gasteiger partial charge in [0.1, 0.15) is 0 Å². The van der Waals surface area contributed by atoms with E-state index >= 15 is 0 Å². The van der Waals surface area contributed by atoms with Crippen molar-refractivity contribution in [3.8, 4) is 0 Å². The predicted octanol–water partition coefficient (Wildman–Crippen LogP) is 2.05. The summed E-state index contributed by atoms with van der Waals surface area (Å²) in [4.78, 5) is 4.20. The lowest BCUT2D eigenvalue weighted by Crippen LogP contribution is -2.41. The summed E-state index contributed by atoms with van der Waals surface area (Å²) >= 11 is 1.92. The highest BCUT2D eigenvalue weighted by Crippen LogP contribution is 2.32. The van der Waals surface area contributed by atoms with E-state index in [1.165, 1.54) is 13.0 Å². The monoisotopic (exact) mass is 266 g/mol. The largest absolute Gasteiger partial charge is 0.376 e. The molecule has 0 bridgehead atoms. The van der Waals surface area contributed by atoms with E-state index in [0.717, 1.165) is 32.7 Å². The summed E-state index contributed by atoms with van der Waals surface area (Å²) in [7, 11) is 0. The van der Waals surface area contributed by atoms with E-state index in [2.05, 4.69) is 28.6 Å². The number of rotatable bonds is 3. The van der Waals surface area contributed by atoms with Gasteiger partial charge in [-0.1, -0.05) is 0 Å². The van der Waals surface area contributed by atoms with E-state index < -0.39 is 0 Å². The molecule has 1 aromatic rings. The highest BCUT2D eigenvalue weighted by atomic mass is 32.1. The molecule has 2 atom stereocenters. The molecule has 3 rings (SSSR count). The van der Waals surface area contributed by atoms with Crippen molar-refractivity contribution in [2.45, 2.75) is 31.9 Å². The van der Waals surface area contributed by atoms with Gasteiger partial charge >= 0.3 is 0 Å². The number of nitrogens with one attached hydrogen (secondary N) is 1. The lowest BCUT2D eigenvalue weighted by molar-refractivity contribution is 0.0144. The van der Waals surface area contributed by atoms with Crippen LogP contribution < -0.4 is 5.32 Å². The third-order valence-corrected chi connectivity index (χ3v) is 5.14. The molecule has 2 aliphatic heterocycles. The minimum absolute atomic E-state index is 0.412. The standard InChI is InChI=1S/C14H22N2OS/c1-11-13-4-9-18-14(13)3-7-16(11)6-2-12-10-15-5-8-17-12/h4,9,11-12,15H,2-3,5-8,10H2,1H3. The Balaban J connectivity index is 1.54. The average Bonchev–Trinajstić information content (AvgIpc) is 2.88. The normalized spacial score (nSPS) is 29.2. The summed E-state index contributed by atoms with van der Waals surface area (Å²) in [5.74, 6) is 0. The van der Waals surface area contributed by atoms with E-state index in [1.807, 2.05) is 11.3 Å². The van der Waals surface area contributed by atoms with Crippen LogP contribution in [0.4, 0.5) is 0 Å². The van der Waals surface area contributed by atoms with Crippen LogP contribution in [-0.4, -0.2) is 43.8 Å². The maximum atomic E-state index is 5.77. The van der Waals surface area contributed by atoms with Crippen LogP contribution in [0.2, 0.25) is 0 Å². The predicted molar refractivity (Wildman–Crippen MR) is 75.2 cm³/mol. The summed E-state index contributed by atoms with van der Waals surface area (Å²) in [5, 5.41) is 5.64. The van der Waals surface area contributed by atoms with Gasteiger partial charge in [0.25, 0.3) is 0 Å². The van der Waals surface area contributed by atoms with E-state index in [-0.39, 0.29) is 0 Å². The molecule has 1 aromatic heterocycles. The zero-order valence-corrected chi connectivity index (χ0v) is 11.8. The van der Waals surface area contributed by atoms with Crippen molar-refractivity contribution in [1.29, 1.82) is 0 Å². The second-order valence-electron chi connectivity index (χ2n) is 5.25. The molecule has 0 spiro atoms. The first kappa shape index (κ1) is 12.6. The maximum absolute atomic E-state index is 5.77. The zero-order valence-electron chi connectivity index (χ0n) is 11.0. The molecule has 0 amide bonds. The van der Waals surface area contributed by atoms with Crippen LogP contribution in [0, 0.1) is 0 Å². The van der Waals surface area contributed by atoms with Crippen molar-refractivity contribution in [2.24, 2.45) is 0 Å². The Morgan fingerprint density at radius 3 is 3.33 bits per heavy atom. The van der Waals surface area contributed by atoms with Gasteiger partial charge in [0.15, 0.2) is 0 Å². The Labute approximate surface area is 113 Å². The Bertz CT molecular complexity index is 387. The minimum Gasteiger partial charge on any atom is -0.376 e. The van der Waals surface area contributed by atoms with Crippen molar-refractivity contribution in [3.05, 3.63) is 21.9 Å². The number of nitrogens with zero attached hydrogens (tertiary/aromatic N) is 1. The van der Waals surface area contributed by atoms with Crippen LogP contribution in [0.3, 0.4) is 0 Å². The first-order valence-corrected chi connectivity index (χ1v) is 7.85. The SMILES string of the molecule is CC1c2ccsc2CCN1CCC1CNCCO1. The number of ether oxygens (including phenoxy) is 1. The van der Waals surface area contributed by atoms with Crippen LogP contribution in [0.25, 0.3) is 0 Å². The van der Waals surface area contributed by atoms with Crippen molar-refractivity contribution < 1.29 is 4.74 Å². The van der Waals surface area contributed by atoms with Crippen molar-refractivity contribution in [1.82, 2.24) is 10.2 Å². The van der Waals surface area contributed by atoms with Gasteiger partial charge in [-0.2, -0.15) is 0 Å². The fraction of sp³-hybridized carbons (Fsp3) is 0.714. The van der Waals surface area contributed by atoms with Gasteiger partial charge in [0, 0.05) is 37.1 Å². The molecule has 0 aromatic carbocycles. The Hall–Kier alpha value is -0.420. The van der Waals surface area contributed by atoms with Crippen molar-refractivity contribution >= 4 is 11.3 Å². The van der Waals surface area contributed by atoms with E-state index in [0.29, 0.717) is 12.1 Å². The minimum atomic E-state index is 0.412. The molecule has 3 nitrogen and oxygen atoms in total. The number of morpholine rings is 1. The molecule has 0 aliphatic carbocycles. The molecule has 3 heterocycles. The third kappa shape index (κ3) is 2.62. The van der Waals surface area contributed by atoms with Gasteiger partial charge in [-0.15, -0.1) is 11.3 Å². The molecule has 1 N–H and O–H groups in total. The molecular weight excluding hydrogens is 244 g/mol. The average molecular weight is 266 g/mol. The van der Waals surface area contributed by atoms with Crippen molar-refractivity contribution in [3.63, 3.8) is 0 Å². The topological polar surface area (TPSA) is 24.5 Å². The van der Waals surface area contributed by atoms with Crippen LogP contribution >= 0.6 is 11.3 Å². The highest BCUT2D eigenvalue weighted by Gasteiger charge is 2.25. The fourth-order valence-electron chi connectivity index (χ4n) is 2.98. The second kappa shape index (κ2) is 5.70. The molecule has 2 unspecified atom stereocenters. The van der Waals surface area contributed by atoms with E-state index in [1.54, 1.807) is 10.4 Å². The van der Waals surface area contributed by atoms with E-state index in [4.69, 9.17) is 4.74 Å². The molecule has 18 heavy (non-hydrogen) atoms. The Morgan fingerprint density at radius 2 is 2.50 bits per heavy atom. The number of thiophene rings is 1. The molecule has 0 saturated carbocycles. The first-order valence-electron chi connectivity index (χ1n) is 6.97. The molecule has 2 aliphatic rings. The Morgan fingerprint density at radius 1 is 1.56 bits per heavy atom. The number of fused-ring (bicyclic) bond motifs is 1. The quantitative estimate of drug-likeness (QED) is 0.906. The summed E-state index contributed by atoms with van der Waals surface area (Å²) in [6, 6.07) is 2.88. The van der Waals surface area contributed by atoms with Crippen LogP contribution in [0.5, 0.6) is 0 Å². The highest BCUT2D eigenvalue weighted by molar-refractivity contribution is 7.10. The van der Waals surface area contributed by atoms with Gasteiger partial charge in [-0.3, -0.25) is 4.90 Å². The van der Waals surface area contributed by atoms with Gasteiger partial charge in [0.05, 0.1) is 12.7 Å². The summed E-state index contributed by atoms with van der Waals surface area (Å²) in [6.45, 7) is 7.60. The molecule has 100 valence electrons. The van der Waals surface area contributed by atoms with Gasteiger partial charge < -0.3 is 10.1 Å². The Kier molecular flexibility index (Phi) is 3.99. The molecule has 1 saturated heterocycles. The van der Waals surface area contributed by atoms with Gasteiger partial charge in [-0.25, -0.2) is 0 Å². The third-order valence-electron chi connectivity index (χ3n) is 4.15. The molecule has 1 fully saturated rings. The lowest BCUT2D eigenvalue weighted by atomic mass is 10.0. The summed E-state index contributed by atoms with van der Waals surface area (Å²) in [6.07, 6.45) is 2.78. The van der Waals surface area contributed by atoms with Crippen LogP contribution in [0.15, 0.2) is 11.4 Å². The molecule has 4 heteroatoms. The summed E-state index contributed by atoms with van der Waals surface area (Å²) < 4.78 is 5.77. The smallest absolute Gasteiger partial charge is 0.0712 e. The second-order valence-corrected chi connectivity index (χ2v) is 6.25. The van der Waals surface area contributed by atoms with Crippen molar-refractivity contribution in [2.75, 3.05) is 32.8 Å². The molecular formula is C14H22N2OS. The van der Waals surface area contributed by atoms with Gasteiger partial charge in [-0.05, 0) is 36.8 Å². The maximum Gasteiger partial charge on any atom is 0.0712 e. The summed E-state index contributed by atoms with van der Waals surface area (Å²) in [5.41, 5.74) is 1.55. The van der Waals surface area contributed by atoms with E-state index in [9.17, 15) is 0 Å². The van der Waals surface area contributed by atoms with Crippen LogP contribution in [0.1, 0.15) is 29.8 Å². The number of hydrogen-bond acceptors (Lipinski definition) is 4. The van der Waals surface area contributed by atoms with Crippen LogP contribution in [-0.2, 0) is 11.2 Å². The molecule has 0 radical (unpaired) electrons. The fourth-order valence-corrected chi connectivity index (χ4v) is 3.94. The first-order chi connectivity index (χ1) is 8.84. The number of hydrogen-bond donors (Lipinski definition) is 1. The van der Waals surface area contributed by atoms with Gasteiger partial charge in [0.2, 0.25) is 0 Å².